The molecule has 0 saturated heterocycles. The van der Waals surface area contributed by atoms with Crippen LogP contribution in [0.25, 0.3) is 10.9 Å². The third kappa shape index (κ3) is 2.71. The zero-order chi connectivity index (χ0) is 14.9. The van der Waals surface area contributed by atoms with Crippen LogP contribution < -0.4 is 21.5 Å². The summed E-state index contributed by atoms with van der Waals surface area (Å²) in [5.41, 5.74) is 14.1. The predicted molar refractivity (Wildman–Crippen MR) is 84.0 cm³/mol. The second kappa shape index (κ2) is 5.14. The SMILES string of the molecule is COc1ccc2c(CCC3(N)N=C(N)C=CN3)c[nH]c2c1. The molecule has 0 amide bonds. The van der Waals surface area contributed by atoms with Crippen LogP contribution in [-0.2, 0) is 6.42 Å². The van der Waals surface area contributed by atoms with Crippen molar-refractivity contribution in [1.82, 2.24) is 10.3 Å². The van der Waals surface area contributed by atoms with Crippen LogP contribution in [0.15, 0.2) is 41.7 Å². The van der Waals surface area contributed by atoms with Gasteiger partial charge in [0.2, 0.25) is 0 Å². The minimum atomic E-state index is -0.838. The minimum absolute atomic E-state index is 0.444. The highest BCUT2D eigenvalue weighted by Crippen LogP contribution is 2.25. The van der Waals surface area contributed by atoms with Gasteiger partial charge in [-0.2, -0.15) is 0 Å². The largest absolute Gasteiger partial charge is 0.497 e. The summed E-state index contributed by atoms with van der Waals surface area (Å²) >= 11 is 0. The number of aromatic nitrogens is 1. The molecular formula is C15H19N5O. The Labute approximate surface area is 122 Å². The van der Waals surface area contributed by atoms with E-state index < -0.39 is 5.79 Å². The van der Waals surface area contributed by atoms with Gasteiger partial charge in [-0.25, -0.2) is 4.99 Å². The molecule has 1 atom stereocenters. The number of ether oxygens (including phenoxy) is 1. The number of fused-ring (bicyclic) bond motifs is 1. The lowest BCUT2D eigenvalue weighted by Gasteiger charge is -2.28. The Hall–Kier alpha value is -2.47. The summed E-state index contributed by atoms with van der Waals surface area (Å²) < 4.78 is 5.23. The summed E-state index contributed by atoms with van der Waals surface area (Å²) in [6.45, 7) is 0. The molecule has 0 fully saturated rings. The summed E-state index contributed by atoms with van der Waals surface area (Å²) in [5, 5.41) is 4.22. The maximum absolute atomic E-state index is 6.20. The van der Waals surface area contributed by atoms with Crippen LogP contribution in [0.3, 0.4) is 0 Å². The Morgan fingerprint density at radius 2 is 2.24 bits per heavy atom. The molecule has 3 rings (SSSR count). The standard InChI is InChI=1S/C15H19N5O/c1-21-11-2-3-12-10(9-18-13(12)8-11)4-6-15(17)19-7-5-14(16)20-15/h2-3,5,7-9,18-19H,4,6,17H2,1H3,(H2,16,20). The summed E-state index contributed by atoms with van der Waals surface area (Å²) in [4.78, 5) is 7.52. The molecule has 2 aromatic rings. The number of nitrogens with one attached hydrogen (secondary N) is 2. The van der Waals surface area contributed by atoms with Crippen molar-refractivity contribution in [3.05, 3.63) is 42.2 Å². The molecule has 1 aromatic carbocycles. The van der Waals surface area contributed by atoms with Crippen LogP contribution in [0.5, 0.6) is 5.75 Å². The zero-order valence-corrected chi connectivity index (χ0v) is 11.9. The Balaban J connectivity index is 1.78. The number of methoxy groups -OCH3 is 1. The van der Waals surface area contributed by atoms with Gasteiger partial charge in [0.1, 0.15) is 11.6 Å². The van der Waals surface area contributed by atoms with Crippen LogP contribution >= 0.6 is 0 Å². The van der Waals surface area contributed by atoms with Crippen molar-refractivity contribution in [2.75, 3.05) is 7.11 Å². The number of aromatic amines is 1. The van der Waals surface area contributed by atoms with Crippen LogP contribution in [0, 0.1) is 0 Å². The van der Waals surface area contributed by atoms with Gasteiger partial charge in [0, 0.05) is 35.8 Å². The fourth-order valence-electron chi connectivity index (χ4n) is 2.52. The van der Waals surface area contributed by atoms with E-state index in [-0.39, 0.29) is 0 Å². The molecule has 1 aliphatic rings. The maximum Gasteiger partial charge on any atom is 0.184 e. The number of nitrogens with two attached hydrogens (primary N) is 2. The molecule has 0 radical (unpaired) electrons. The Kier molecular flexibility index (Phi) is 3.31. The number of benzene rings is 1. The average molecular weight is 285 g/mol. The highest BCUT2D eigenvalue weighted by atomic mass is 16.5. The number of nitrogens with zero attached hydrogens (tertiary/aromatic N) is 1. The van der Waals surface area contributed by atoms with Crippen molar-refractivity contribution in [2.24, 2.45) is 16.5 Å². The zero-order valence-electron chi connectivity index (χ0n) is 11.9. The molecule has 21 heavy (non-hydrogen) atoms. The Morgan fingerprint density at radius 3 is 3.00 bits per heavy atom. The maximum atomic E-state index is 6.20. The molecule has 6 nitrogen and oxygen atoms in total. The number of hydrogen-bond donors (Lipinski definition) is 4. The highest BCUT2D eigenvalue weighted by Gasteiger charge is 2.24. The third-order valence-electron chi connectivity index (χ3n) is 3.67. The van der Waals surface area contributed by atoms with Gasteiger partial charge in [0.15, 0.2) is 5.79 Å². The lowest BCUT2D eigenvalue weighted by atomic mass is 10.0. The third-order valence-corrected chi connectivity index (χ3v) is 3.67. The van der Waals surface area contributed by atoms with Gasteiger partial charge in [0.25, 0.3) is 0 Å². The Morgan fingerprint density at radius 1 is 1.38 bits per heavy atom. The summed E-state index contributed by atoms with van der Waals surface area (Å²) in [7, 11) is 1.66. The highest BCUT2D eigenvalue weighted by molar-refractivity contribution is 5.92. The van der Waals surface area contributed by atoms with E-state index in [0.29, 0.717) is 12.3 Å². The van der Waals surface area contributed by atoms with E-state index in [1.807, 2.05) is 18.3 Å². The summed E-state index contributed by atoms with van der Waals surface area (Å²) in [5.74, 6) is 0.442. The molecule has 0 spiro atoms. The van der Waals surface area contributed by atoms with Crippen LogP contribution in [0.2, 0.25) is 0 Å². The second-order valence-corrected chi connectivity index (χ2v) is 5.16. The van der Waals surface area contributed by atoms with E-state index in [1.165, 1.54) is 10.9 Å². The van der Waals surface area contributed by atoms with Crippen LogP contribution in [-0.4, -0.2) is 23.7 Å². The van der Waals surface area contributed by atoms with Gasteiger partial charge in [-0.3, -0.25) is 5.73 Å². The van der Waals surface area contributed by atoms with E-state index in [0.717, 1.165) is 17.7 Å². The van der Waals surface area contributed by atoms with Gasteiger partial charge in [-0.05, 0) is 30.2 Å². The molecule has 0 aliphatic carbocycles. The first-order valence-corrected chi connectivity index (χ1v) is 6.82. The fourth-order valence-corrected chi connectivity index (χ4v) is 2.52. The van der Waals surface area contributed by atoms with Crippen molar-refractivity contribution in [1.29, 1.82) is 0 Å². The van der Waals surface area contributed by atoms with Gasteiger partial charge < -0.3 is 20.8 Å². The number of hydrogen-bond acceptors (Lipinski definition) is 5. The lowest BCUT2D eigenvalue weighted by Crippen LogP contribution is -2.52. The van der Waals surface area contributed by atoms with E-state index in [4.69, 9.17) is 16.2 Å². The molecule has 2 heterocycles. The molecule has 1 unspecified atom stereocenters. The van der Waals surface area contributed by atoms with Gasteiger partial charge in [0.05, 0.1) is 7.11 Å². The molecular weight excluding hydrogens is 266 g/mol. The second-order valence-electron chi connectivity index (χ2n) is 5.16. The average Bonchev–Trinajstić information content (AvgIpc) is 2.87. The van der Waals surface area contributed by atoms with Crippen LogP contribution in [0.4, 0.5) is 0 Å². The molecule has 1 aromatic heterocycles. The number of aliphatic imine (C=N–C) groups is 1. The van der Waals surface area contributed by atoms with Crippen molar-refractivity contribution in [2.45, 2.75) is 18.6 Å². The molecule has 0 bridgehead atoms. The first-order chi connectivity index (χ1) is 10.1. The van der Waals surface area contributed by atoms with Gasteiger partial charge in [-0.1, -0.05) is 0 Å². The normalized spacial score (nSPS) is 21.1. The minimum Gasteiger partial charge on any atom is -0.497 e. The van der Waals surface area contributed by atoms with E-state index in [2.05, 4.69) is 21.4 Å². The van der Waals surface area contributed by atoms with Crippen molar-refractivity contribution < 1.29 is 4.74 Å². The predicted octanol–water partition coefficient (Wildman–Crippen LogP) is 1.20. The van der Waals surface area contributed by atoms with Crippen LogP contribution in [0.1, 0.15) is 12.0 Å². The quantitative estimate of drug-likeness (QED) is 0.678. The fraction of sp³-hybridized carbons (Fsp3) is 0.267. The molecule has 0 saturated carbocycles. The lowest BCUT2D eigenvalue weighted by molar-refractivity contribution is 0.364. The number of amidine groups is 1. The van der Waals surface area contributed by atoms with E-state index >= 15 is 0 Å². The van der Waals surface area contributed by atoms with E-state index in [9.17, 15) is 0 Å². The Bertz CT molecular complexity index is 718. The first kappa shape index (κ1) is 13.5. The molecule has 6 N–H and O–H groups in total. The van der Waals surface area contributed by atoms with Gasteiger partial charge >= 0.3 is 0 Å². The summed E-state index contributed by atoms with van der Waals surface area (Å²) in [6, 6.07) is 5.99. The van der Waals surface area contributed by atoms with Crippen molar-refractivity contribution >= 4 is 16.7 Å². The van der Waals surface area contributed by atoms with Crippen molar-refractivity contribution in [3.8, 4) is 5.75 Å². The number of H-pyrrole nitrogens is 1. The number of rotatable bonds is 4. The molecule has 110 valence electrons. The molecule has 1 aliphatic heterocycles. The summed E-state index contributed by atoms with van der Waals surface area (Å²) in [6.07, 6.45) is 6.88. The molecule has 6 heteroatoms. The van der Waals surface area contributed by atoms with Gasteiger partial charge in [-0.15, -0.1) is 0 Å². The van der Waals surface area contributed by atoms with E-state index in [1.54, 1.807) is 19.4 Å². The smallest absolute Gasteiger partial charge is 0.184 e. The topological polar surface area (TPSA) is 101 Å². The van der Waals surface area contributed by atoms with Crippen molar-refractivity contribution in [3.63, 3.8) is 0 Å². The number of aryl methyl sites for hydroxylation is 1. The monoisotopic (exact) mass is 285 g/mol. The first-order valence-electron chi connectivity index (χ1n) is 6.82.